The van der Waals surface area contributed by atoms with Gasteiger partial charge in [0.05, 0.1) is 33.9 Å². The molecule has 1 saturated carbocycles. The monoisotopic (exact) mass is 454 g/mol. The fraction of sp³-hybridized carbons (Fsp3) is 0.400. The van der Waals surface area contributed by atoms with Crippen molar-refractivity contribution >= 4 is 44.7 Å². The number of pyridine rings is 1. The summed E-state index contributed by atoms with van der Waals surface area (Å²) in [5, 5.41) is 5.76. The van der Waals surface area contributed by atoms with Crippen LogP contribution < -0.4 is 15.4 Å². The van der Waals surface area contributed by atoms with Crippen LogP contribution in [0.3, 0.4) is 0 Å². The summed E-state index contributed by atoms with van der Waals surface area (Å²) in [5.41, 5.74) is -0.404. The Balaban J connectivity index is 1.73. The first-order chi connectivity index (χ1) is 14.3. The average Bonchev–Trinajstić information content (AvgIpc) is 3.19. The normalized spacial score (nSPS) is 14.5. The Morgan fingerprint density at radius 2 is 1.97 bits per heavy atom. The van der Waals surface area contributed by atoms with Crippen LogP contribution in [0.5, 0.6) is 0 Å². The van der Waals surface area contributed by atoms with Crippen LogP contribution in [0.4, 0.5) is 21.6 Å². The van der Waals surface area contributed by atoms with Gasteiger partial charge >= 0.3 is 0 Å². The van der Waals surface area contributed by atoms with Crippen LogP contribution in [0.1, 0.15) is 49.4 Å². The Morgan fingerprint density at radius 3 is 2.60 bits per heavy atom. The topological polar surface area (TPSA) is 100 Å². The van der Waals surface area contributed by atoms with E-state index in [0.717, 1.165) is 12.8 Å². The second-order valence-corrected chi connectivity index (χ2v) is 9.47. The van der Waals surface area contributed by atoms with E-state index in [0.29, 0.717) is 24.0 Å². The Hall–Kier alpha value is -2.39. The quantitative estimate of drug-likeness (QED) is 0.539. The lowest BCUT2D eigenvalue weighted by molar-refractivity contribution is 0.102. The highest BCUT2D eigenvalue weighted by molar-refractivity contribution is 7.92. The summed E-state index contributed by atoms with van der Waals surface area (Å²) in [4.78, 5) is 16.9. The second-order valence-electron chi connectivity index (χ2n) is 7.22. The highest BCUT2D eigenvalue weighted by Gasteiger charge is 2.22. The molecule has 7 nitrogen and oxygen atoms in total. The molecule has 0 aliphatic heterocycles. The Labute approximate surface area is 180 Å². The van der Waals surface area contributed by atoms with Gasteiger partial charge in [0.2, 0.25) is 10.0 Å². The van der Waals surface area contributed by atoms with E-state index in [9.17, 15) is 17.6 Å². The molecule has 0 radical (unpaired) electrons. The molecule has 10 heteroatoms. The van der Waals surface area contributed by atoms with Crippen molar-refractivity contribution in [1.82, 2.24) is 4.98 Å². The number of rotatable bonds is 8. The van der Waals surface area contributed by atoms with E-state index in [4.69, 9.17) is 11.6 Å². The third kappa shape index (κ3) is 5.60. The number of carbonyl (C=O) groups excluding carboxylic acids is 1. The minimum absolute atomic E-state index is 0.129. The lowest BCUT2D eigenvalue weighted by Crippen LogP contribution is -2.20. The maximum Gasteiger partial charge on any atom is 0.260 e. The summed E-state index contributed by atoms with van der Waals surface area (Å²) in [5.74, 6) is -1.29. The fourth-order valence-electron chi connectivity index (χ4n) is 3.35. The van der Waals surface area contributed by atoms with E-state index in [2.05, 4.69) is 20.3 Å². The van der Waals surface area contributed by atoms with Gasteiger partial charge in [0.15, 0.2) is 5.82 Å². The van der Waals surface area contributed by atoms with Crippen LogP contribution >= 0.6 is 11.6 Å². The molecule has 1 aliphatic carbocycles. The minimum atomic E-state index is -3.72. The number of hydrogen-bond donors (Lipinski definition) is 3. The summed E-state index contributed by atoms with van der Waals surface area (Å²) < 4.78 is 40.9. The van der Waals surface area contributed by atoms with Crippen LogP contribution in [0.15, 0.2) is 30.5 Å². The molecule has 1 aliphatic rings. The van der Waals surface area contributed by atoms with Crippen LogP contribution in [-0.4, -0.2) is 31.1 Å². The highest BCUT2D eigenvalue weighted by Crippen LogP contribution is 2.28. The summed E-state index contributed by atoms with van der Waals surface area (Å²) in [6, 6.07) is 6.26. The second kappa shape index (κ2) is 9.61. The lowest BCUT2D eigenvalue weighted by Gasteiger charge is -2.14. The number of amides is 1. The molecule has 162 valence electrons. The van der Waals surface area contributed by atoms with E-state index < -0.39 is 27.3 Å². The number of aromatic nitrogens is 1. The number of anilines is 3. The van der Waals surface area contributed by atoms with Crippen molar-refractivity contribution in [1.29, 1.82) is 0 Å². The molecule has 0 unspecified atom stereocenters. The number of sulfonamides is 1. The Bertz CT molecular complexity index is 1010. The van der Waals surface area contributed by atoms with Gasteiger partial charge in [0.1, 0.15) is 5.82 Å². The van der Waals surface area contributed by atoms with Gasteiger partial charge in [-0.05, 0) is 43.5 Å². The molecule has 3 rings (SSSR count). The van der Waals surface area contributed by atoms with Crippen LogP contribution in [0.2, 0.25) is 5.02 Å². The van der Waals surface area contributed by atoms with Gasteiger partial charge in [0.25, 0.3) is 5.91 Å². The van der Waals surface area contributed by atoms with Gasteiger partial charge in [-0.2, -0.15) is 0 Å². The summed E-state index contributed by atoms with van der Waals surface area (Å²) in [6.07, 6.45) is 6.45. The maximum absolute atomic E-state index is 14.9. The van der Waals surface area contributed by atoms with Gasteiger partial charge in [-0.1, -0.05) is 31.4 Å². The zero-order chi connectivity index (χ0) is 21.7. The zero-order valence-corrected chi connectivity index (χ0v) is 18.1. The first-order valence-corrected chi connectivity index (χ1v) is 11.8. The van der Waals surface area contributed by atoms with Crippen LogP contribution in [0.25, 0.3) is 0 Å². The lowest BCUT2D eigenvalue weighted by atomic mass is 10.1. The van der Waals surface area contributed by atoms with Gasteiger partial charge in [0, 0.05) is 6.04 Å². The van der Waals surface area contributed by atoms with Crippen LogP contribution in [-0.2, 0) is 10.0 Å². The first kappa shape index (κ1) is 22.3. The van der Waals surface area contributed by atoms with Gasteiger partial charge < -0.3 is 10.6 Å². The number of halogens is 2. The molecule has 0 atom stereocenters. The van der Waals surface area contributed by atoms with E-state index >= 15 is 0 Å². The van der Waals surface area contributed by atoms with Crippen molar-refractivity contribution < 1.29 is 17.6 Å². The third-order valence-electron chi connectivity index (χ3n) is 4.79. The molecule has 1 amide bonds. The zero-order valence-electron chi connectivity index (χ0n) is 16.5. The summed E-state index contributed by atoms with van der Waals surface area (Å²) in [6.45, 7) is 1.69. The molecule has 1 heterocycles. The minimum Gasteiger partial charge on any atom is -0.367 e. The highest BCUT2D eigenvalue weighted by atomic mass is 35.5. The predicted molar refractivity (Wildman–Crippen MR) is 117 cm³/mol. The average molecular weight is 455 g/mol. The van der Waals surface area contributed by atoms with Gasteiger partial charge in [-0.15, -0.1) is 0 Å². The molecule has 3 N–H and O–H groups in total. The van der Waals surface area contributed by atoms with E-state index in [1.807, 2.05) is 0 Å². The SMILES string of the molecule is CCCS(=O)(=O)Nc1ccc(Cl)c(C(=O)Nc2ccc(NC3CCCC3)nc2)c1F. The van der Waals surface area contributed by atoms with E-state index in [-0.39, 0.29) is 16.5 Å². The number of nitrogens with one attached hydrogen (secondary N) is 3. The number of carbonyl (C=O) groups is 1. The van der Waals surface area contributed by atoms with Gasteiger partial charge in [-0.25, -0.2) is 17.8 Å². The first-order valence-electron chi connectivity index (χ1n) is 9.81. The smallest absolute Gasteiger partial charge is 0.260 e. The van der Waals surface area contributed by atoms with E-state index in [1.54, 1.807) is 19.1 Å². The van der Waals surface area contributed by atoms with Crippen molar-refractivity contribution in [3.05, 3.63) is 46.9 Å². The predicted octanol–water partition coefficient (Wildman–Crippen LogP) is 4.63. The molecule has 1 fully saturated rings. The maximum atomic E-state index is 14.9. The molecule has 30 heavy (non-hydrogen) atoms. The Morgan fingerprint density at radius 1 is 1.23 bits per heavy atom. The van der Waals surface area contributed by atoms with Crippen molar-refractivity contribution in [3.8, 4) is 0 Å². The largest absolute Gasteiger partial charge is 0.367 e. The molecule has 0 spiro atoms. The van der Waals surface area contributed by atoms with Crippen molar-refractivity contribution in [3.63, 3.8) is 0 Å². The molecule has 0 bridgehead atoms. The Kier molecular flexibility index (Phi) is 7.14. The fourth-order valence-corrected chi connectivity index (χ4v) is 4.72. The molecule has 0 saturated heterocycles. The van der Waals surface area contributed by atoms with Gasteiger partial charge in [-0.3, -0.25) is 9.52 Å². The van der Waals surface area contributed by atoms with Crippen molar-refractivity contribution in [2.24, 2.45) is 0 Å². The summed E-state index contributed by atoms with van der Waals surface area (Å²) in [7, 11) is -3.72. The number of hydrogen-bond acceptors (Lipinski definition) is 5. The summed E-state index contributed by atoms with van der Waals surface area (Å²) >= 11 is 6.01. The molecule has 1 aromatic carbocycles. The molecule has 2 aromatic rings. The molecule has 1 aromatic heterocycles. The van der Waals surface area contributed by atoms with Crippen molar-refractivity contribution in [2.75, 3.05) is 21.1 Å². The third-order valence-corrected chi connectivity index (χ3v) is 6.58. The number of nitrogens with zero attached hydrogens (tertiary/aromatic N) is 1. The molecular formula is C20H24ClFN4O3S. The standard InChI is InChI=1S/C20H24ClFN4O3S/c1-2-11-30(28,29)26-16-9-8-15(21)18(19(16)22)20(27)25-14-7-10-17(23-12-14)24-13-5-3-4-6-13/h7-10,12-13,26H,2-6,11H2,1H3,(H,23,24)(H,25,27). The van der Waals surface area contributed by atoms with E-state index in [1.165, 1.54) is 31.2 Å². The van der Waals surface area contributed by atoms with Crippen LogP contribution in [0, 0.1) is 5.82 Å². The molecular weight excluding hydrogens is 431 g/mol. The number of benzene rings is 1. The van der Waals surface area contributed by atoms with Crippen molar-refractivity contribution in [2.45, 2.75) is 45.1 Å².